The highest BCUT2D eigenvalue weighted by Gasteiger charge is 2.18. The Morgan fingerprint density at radius 2 is 1.66 bits per heavy atom. The quantitative estimate of drug-likeness (QED) is 0.597. The molecule has 3 rings (SSSR count). The van der Waals surface area contributed by atoms with E-state index in [1.165, 1.54) is 0 Å². The number of aromatic nitrogens is 1. The van der Waals surface area contributed by atoms with Gasteiger partial charge in [0, 0.05) is 24.6 Å². The van der Waals surface area contributed by atoms with Gasteiger partial charge < -0.3 is 19.4 Å². The first-order valence-corrected chi connectivity index (χ1v) is 9.42. The first kappa shape index (κ1) is 20.2. The van der Waals surface area contributed by atoms with Crippen LogP contribution in [0.4, 0.5) is 0 Å². The van der Waals surface area contributed by atoms with Gasteiger partial charge in [0.1, 0.15) is 5.75 Å². The van der Waals surface area contributed by atoms with Crippen molar-refractivity contribution in [2.24, 2.45) is 0 Å². The summed E-state index contributed by atoms with van der Waals surface area (Å²) in [6.07, 6.45) is 3.65. The number of ether oxygens (including phenoxy) is 2. The van der Waals surface area contributed by atoms with Crippen molar-refractivity contribution < 1.29 is 19.1 Å². The molecule has 0 radical (unpaired) electrons. The van der Waals surface area contributed by atoms with Crippen molar-refractivity contribution in [3.8, 4) is 11.4 Å². The molecule has 1 aromatic heterocycles. The molecular weight excluding hydrogens is 368 g/mol. The Balaban J connectivity index is 1.46. The Hall–Kier alpha value is -3.54. The molecule has 0 aliphatic rings. The number of carbonyl (C=O) groups excluding carboxylic acids is 2. The lowest BCUT2D eigenvalue weighted by molar-refractivity contribution is -0.129. The molecule has 1 amide bonds. The van der Waals surface area contributed by atoms with E-state index in [4.69, 9.17) is 9.47 Å². The predicted molar refractivity (Wildman–Crippen MR) is 110 cm³/mol. The summed E-state index contributed by atoms with van der Waals surface area (Å²) in [4.78, 5) is 24.5. The normalized spacial score (nSPS) is 11.5. The molecule has 0 saturated heterocycles. The summed E-state index contributed by atoms with van der Waals surface area (Å²) in [5.41, 5.74) is 2.42. The highest BCUT2D eigenvalue weighted by Crippen LogP contribution is 2.13. The molecule has 29 heavy (non-hydrogen) atoms. The molecule has 1 N–H and O–H groups in total. The smallest absolute Gasteiger partial charge is 0.338 e. The fourth-order valence-electron chi connectivity index (χ4n) is 2.82. The second kappa shape index (κ2) is 9.59. The van der Waals surface area contributed by atoms with Gasteiger partial charge in [-0.2, -0.15) is 0 Å². The third-order valence-corrected chi connectivity index (χ3v) is 4.53. The second-order valence-corrected chi connectivity index (χ2v) is 6.57. The van der Waals surface area contributed by atoms with Gasteiger partial charge in [0.2, 0.25) is 0 Å². The van der Waals surface area contributed by atoms with Gasteiger partial charge in [-0.15, -0.1) is 0 Å². The maximum absolute atomic E-state index is 12.3. The SMILES string of the molecule is COc1ccc(CCNC(=O)C(C)OC(=O)c2ccc(-n3cccc3)cc2)cc1. The van der Waals surface area contributed by atoms with Crippen LogP contribution >= 0.6 is 0 Å². The zero-order chi connectivity index (χ0) is 20.6. The number of methoxy groups -OCH3 is 1. The van der Waals surface area contributed by atoms with Gasteiger partial charge in [0.25, 0.3) is 5.91 Å². The lowest BCUT2D eigenvalue weighted by Crippen LogP contribution is -2.36. The predicted octanol–water partition coefficient (Wildman–Crippen LogP) is 3.39. The van der Waals surface area contributed by atoms with E-state index in [-0.39, 0.29) is 5.91 Å². The van der Waals surface area contributed by atoms with E-state index in [1.807, 2.05) is 65.5 Å². The number of nitrogens with zero attached hydrogens (tertiary/aromatic N) is 1. The van der Waals surface area contributed by atoms with Gasteiger partial charge in [-0.25, -0.2) is 4.79 Å². The third-order valence-electron chi connectivity index (χ3n) is 4.53. The molecule has 0 spiro atoms. The summed E-state index contributed by atoms with van der Waals surface area (Å²) in [6.45, 7) is 2.02. The van der Waals surface area contributed by atoms with E-state index in [2.05, 4.69) is 5.32 Å². The molecule has 1 heterocycles. The Morgan fingerprint density at radius 3 is 2.28 bits per heavy atom. The van der Waals surface area contributed by atoms with Crippen molar-refractivity contribution in [1.29, 1.82) is 0 Å². The topological polar surface area (TPSA) is 69.6 Å². The molecule has 0 bridgehead atoms. The summed E-state index contributed by atoms with van der Waals surface area (Å²) < 4.78 is 12.3. The molecule has 3 aromatic rings. The van der Waals surface area contributed by atoms with Crippen molar-refractivity contribution in [2.45, 2.75) is 19.4 Å². The van der Waals surface area contributed by atoms with Crippen LogP contribution in [0.5, 0.6) is 5.75 Å². The Labute approximate surface area is 170 Å². The van der Waals surface area contributed by atoms with Crippen LogP contribution in [0, 0.1) is 0 Å². The van der Waals surface area contributed by atoms with E-state index in [0.717, 1.165) is 17.0 Å². The van der Waals surface area contributed by atoms with Crippen LogP contribution in [0.2, 0.25) is 0 Å². The summed E-state index contributed by atoms with van der Waals surface area (Å²) >= 11 is 0. The van der Waals surface area contributed by atoms with Crippen molar-refractivity contribution >= 4 is 11.9 Å². The minimum Gasteiger partial charge on any atom is -0.497 e. The lowest BCUT2D eigenvalue weighted by atomic mass is 10.1. The fraction of sp³-hybridized carbons (Fsp3) is 0.217. The van der Waals surface area contributed by atoms with Crippen LogP contribution in [0.1, 0.15) is 22.8 Å². The van der Waals surface area contributed by atoms with Crippen LogP contribution in [0.3, 0.4) is 0 Å². The van der Waals surface area contributed by atoms with E-state index >= 15 is 0 Å². The van der Waals surface area contributed by atoms with E-state index < -0.39 is 12.1 Å². The van der Waals surface area contributed by atoms with Crippen molar-refractivity contribution in [3.63, 3.8) is 0 Å². The molecule has 150 valence electrons. The van der Waals surface area contributed by atoms with Gasteiger partial charge in [-0.1, -0.05) is 12.1 Å². The Kier molecular flexibility index (Phi) is 6.68. The van der Waals surface area contributed by atoms with E-state index in [0.29, 0.717) is 18.5 Å². The number of hydrogen-bond donors (Lipinski definition) is 1. The van der Waals surface area contributed by atoms with Crippen LogP contribution in [0.15, 0.2) is 73.1 Å². The van der Waals surface area contributed by atoms with Crippen molar-refractivity contribution in [3.05, 3.63) is 84.2 Å². The molecule has 2 aromatic carbocycles. The highest BCUT2D eigenvalue weighted by atomic mass is 16.5. The van der Waals surface area contributed by atoms with Crippen molar-refractivity contribution in [1.82, 2.24) is 9.88 Å². The van der Waals surface area contributed by atoms with Crippen molar-refractivity contribution in [2.75, 3.05) is 13.7 Å². The zero-order valence-corrected chi connectivity index (χ0v) is 16.5. The molecule has 1 unspecified atom stereocenters. The minimum absolute atomic E-state index is 0.323. The summed E-state index contributed by atoms with van der Waals surface area (Å²) in [5.74, 6) is -0.0580. The van der Waals surface area contributed by atoms with Crippen LogP contribution in [0.25, 0.3) is 5.69 Å². The maximum Gasteiger partial charge on any atom is 0.338 e. The van der Waals surface area contributed by atoms with Crippen LogP contribution in [-0.2, 0) is 16.0 Å². The number of carbonyl (C=O) groups is 2. The first-order valence-electron chi connectivity index (χ1n) is 9.42. The number of esters is 1. The van der Waals surface area contributed by atoms with E-state index in [9.17, 15) is 9.59 Å². The Morgan fingerprint density at radius 1 is 1.00 bits per heavy atom. The lowest BCUT2D eigenvalue weighted by Gasteiger charge is -2.14. The minimum atomic E-state index is -0.873. The summed E-state index contributed by atoms with van der Waals surface area (Å²) in [6, 6.07) is 18.5. The number of hydrogen-bond acceptors (Lipinski definition) is 4. The third kappa shape index (κ3) is 5.48. The van der Waals surface area contributed by atoms with Gasteiger partial charge in [0.15, 0.2) is 6.10 Å². The molecule has 0 aliphatic heterocycles. The van der Waals surface area contributed by atoms with E-state index in [1.54, 1.807) is 26.2 Å². The highest BCUT2D eigenvalue weighted by molar-refractivity contribution is 5.92. The maximum atomic E-state index is 12.3. The first-order chi connectivity index (χ1) is 14.1. The number of rotatable bonds is 8. The van der Waals surface area contributed by atoms with Gasteiger partial charge in [-0.3, -0.25) is 4.79 Å². The van der Waals surface area contributed by atoms with Crippen LogP contribution < -0.4 is 10.1 Å². The molecule has 6 nitrogen and oxygen atoms in total. The summed E-state index contributed by atoms with van der Waals surface area (Å²) in [7, 11) is 1.62. The van der Waals surface area contributed by atoms with Crippen LogP contribution in [-0.4, -0.2) is 36.2 Å². The number of amides is 1. The molecule has 0 fully saturated rings. The zero-order valence-electron chi connectivity index (χ0n) is 16.5. The molecule has 1 atom stereocenters. The number of benzene rings is 2. The Bertz CT molecular complexity index is 932. The fourth-order valence-corrected chi connectivity index (χ4v) is 2.82. The molecular formula is C23H24N2O4. The second-order valence-electron chi connectivity index (χ2n) is 6.57. The van der Waals surface area contributed by atoms with Gasteiger partial charge >= 0.3 is 5.97 Å². The molecule has 0 saturated carbocycles. The van der Waals surface area contributed by atoms with Gasteiger partial charge in [0.05, 0.1) is 12.7 Å². The molecule has 0 aliphatic carbocycles. The standard InChI is InChI=1S/C23H24N2O4/c1-17(22(26)24-14-13-18-5-11-21(28-2)12-6-18)29-23(27)19-7-9-20(10-8-19)25-15-3-4-16-25/h3-12,15-17H,13-14H2,1-2H3,(H,24,26). The molecule has 6 heteroatoms. The van der Waals surface area contributed by atoms with Gasteiger partial charge in [-0.05, 0) is 67.4 Å². The average Bonchev–Trinajstić information content (AvgIpc) is 3.29. The average molecular weight is 392 g/mol. The monoisotopic (exact) mass is 392 g/mol. The largest absolute Gasteiger partial charge is 0.497 e. The number of nitrogens with one attached hydrogen (secondary N) is 1. The summed E-state index contributed by atoms with van der Waals surface area (Å²) in [5, 5.41) is 2.79.